The highest BCUT2D eigenvalue weighted by atomic mass is 35.5. The highest BCUT2D eigenvalue weighted by molar-refractivity contribution is 7.91. The number of halogens is 2. The van der Waals surface area contributed by atoms with E-state index in [1.165, 1.54) is 54.5 Å². The molecule has 1 aromatic heterocycles. The maximum atomic E-state index is 15.0. The predicted molar refractivity (Wildman–Crippen MR) is 178 cm³/mol. The SMILES string of the molecule is CC(C)OC(=O)OC(C)OC(=O)c1ccc(NC(=O)[C@H](CC(=O)N2CCS(=O)(=O)CC2)NC(=O)/C=C/c2c(-n3cnnn3)ccc(Cl)c2F)cc1. The van der Waals surface area contributed by atoms with Crippen molar-refractivity contribution in [2.24, 2.45) is 0 Å². The molecular formula is C31H33ClFN7O10S. The van der Waals surface area contributed by atoms with E-state index < -0.39 is 70.4 Å². The van der Waals surface area contributed by atoms with Gasteiger partial charge in [-0.2, -0.15) is 4.68 Å². The summed E-state index contributed by atoms with van der Waals surface area (Å²) >= 11 is 5.95. The number of rotatable bonds is 12. The van der Waals surface area contributed by atoms with E-state index in [0.717, 1.165) is 16.8 Å². The van der Waals surface area contributed by atoms with Gasteiger partial charge < -0.3 is 29.7 Å². The number of hydrogen-bond donors (Lipinski definition) is 2. The van der Waals surface area contributed by atoms with Crippen LogP contribution in [0.4, 0.5) is 14.9 Å². The highest BCUT2D eigenvalue weighted by Crippen LogP contribution is 2.25. The highest BCUT2D eigenvalue weighted by Gasteiger charge is 2.30. The van der Waals surface area contributed by atoms with E-state index in [1.807, 2.05) is 0 Å². The lowest BCUT2D eigenvalue weighted by molar-refractivity contribution is -0.134. The Hall–Kier alpha value is -5.43. The zero-order chi connectivity index (χ0) is 37.3. The Bertz CT molecular complexity index is 1890. The molecule has 0 saturated carbocycles. The Morgan fingerprint density at radius 2 is 1.69 bits per heavy atom. The van der Waals surface area contributed by atoms with E-state index in [1.54, 1.807) is 13.8 Å². The maximum absolute atomic E-state index is 15.0. The number of sulfone groups is 1. The van der Waals surface area contributed by atoms with E-state index in [9.17, 15) is 36.8 Å². The molecule has 0 radical (unpaired) electrons. The van der Waals surface area contributed by atoms with Crippen molar-refractivity contribution in [1.29, 1.82) is 0 Å². The summed E-state index contributed by atoms with van der Waals surface area (Å²) < 4.78 is 54.6. The van der Waals surface area contributed by atoms with Crippen molar-refractivity contribution < 1.29 is 51.0 Å². The summed E-state index contributed by atoms with van der Waals surface area (Å²) in [5.41, 5.74) is 0.213. The normalized spacial score (nSPS) is 15.1. The number of benzene rings is 2. The molecule has 20 heteroatoms. The number of tetrazole rings is 1. The van der Waals surface area contributed by atoms with Gasteiger partial charge in [-0.05, 0) is 66.7 Å². The minimum absolute atomic E-state index is 0.0418. The number of carbonyl (C=O) groups is 5. The number of aromatic nitrogens is 4. The van der Waals surface area contributed by atoms with Gasteiger partial charge in [-0.25, -0.2) is 22.4 Å². The monoisotopic (exact) mass is 749 g/mol. The first-order chi connectivity index (χ1) is 24.1. The van der Waals surface area contributed by atoms with Crippen molar-refractivity contribution in [3.05, 3.63) is 70.8 Å². The average Bonchev–Trinajstić information content (AvgIpc) is 3.59. The van der Waals surface area contributed by atoms with Crippen LogP contribution in [-0.4, -0.2) is 106 Å². The van der Waals surface area contributed by atoms with Crippen LogP contribution in [0.2, 0.25) is 5.02 Å². The van der Waals surface area contributed by atoms with E-state index in [-0.39, 0.29) is 52.1 Å². The van der Waals surface area contributed by atoms with E-state index >= 15 is 0 Å². The summed E-state index contributed by atoms with van der Waals surface area (Å²) in [7, 11) is -3.31. The van der Waals surface area contributed by atoms with Crippen LogP contribution >= 0.6 is 11.6 Å². The number of amides is 3. The molecule has 3 amide bonds. The van der Waals surface area contributed by atoms with Crippen LogP contribution < -0.4 is 10.6 Å². The predicted octanol–water partition coefficient (Wildman–Crippen LogP) is 2.30. The lowest BCUT2D eigenvalue weighted by Crippen LogP contribution is -2.49. The summed E-state index contributed by atoms with van der Waals surface area (Å²) in [6.45, 7) is 4.38. The van der Waals surface area contributed by atoms with Crippen molar-refractivity contribution in [3.63, 3.8) is 0 Å². The number of nitrogens with zero attached hydrogens (tertiary/aromatic N) is 5. The first-order valence-electron chi connectivity index (χ1n) is 15.3. The summed E-state index contributed by atoms with van der Waals surface area (Å²) in [5, 5.41) is 15.5. The second-order valence-corrected chi connectivity index (χ2v) is 14.0. The van der Waals surface area contributed by atoms with Gasteiger partial charge in [0.15, 0.2) is 15.7 Å². The quantitative estimate of drug-likeness (QED) is 0.155. The lowest BCUT2D eigenvalue weighted by atomic mass is 10.1. The largest absolute Gasteiger partial charge is 0.511 e. The molecule has 0 bridgehead atoms. The Morgan fingerprint density at radius 1 is 1.00 bits per heavy atom. The fourth-order valence-electron chi connectivity index (χ4n) is 4.56. The fraction of sp³-hybridized carbons (Fsp3) is 0.355. The summed E-state index contributed by atoms with van der Waals surface area (Å²) in [6.07, 6.45) is -0.0465. The Kier molecular flexibility index (Phi) is 12.8. The summed E-state index contributed by atoms with van der Waals surface area (Å²) in [4.78, 5) is 65.0. The van der Waals surface area contributed by atoms with Gasteiger partial charge in [0.1, 0.15) is 12.4 Å². The first-order valence-corrected chi connectivity index (χ1v) is 17.5. The lowest BCUT2D eigenvalue weighted by Gasteiger charge is -2.28. The van der Waals surface area contributed by atoms with Gasteiger partial charge >= 0.3 is 12.1 Å². The van der Waals surface area contributed by atoms with Gasteiger partial charge in [0, 0.05) is 37.3 Å². The van der Waals surface area contributed by atoms with Gasteiger partial charge in [-0.1, -0.05) is 11.6 Å². The Balaban J connectivity index is 1.47. The molecule has 17 nitrogen and oxygen atoms in total. The van der Waals surface area contributed by atoms with Gasteiger partial charge in [-0.3, -0.25) is 14.4 Å². The van der Waals surface area contributed by atoms with Crippen molar-refractivity contribution in [2.75, 3.05) is 29.9 Å². The van der Waals surface area contributed by atoms with Crippen LogP contribution in [0.3, 0.4) is 0 Å². The van der Waals surface area contributed by atoms with Crippen molar-refractivity contribution >= 4 is 63.0 Å². The molecule has 51 heavy (non-hydrogen) atoms. The minimum Gasteiger partial charge on any atom is -0.431 e. The Morgan fingerprint density at radius 3 is 2.31 bits per heavy atom. The molecule has 2 N–H and O–H groups in total. The summed E-state index contributed by atoms with van der Waals surface area (Å²) in [5.74, 6) is -4.54. The van der Waals surface area contributed by atoms with Gasteiger partial charge in [0.25, 0.3) is 0 Å². The zero-order valence-corrected chi connectivity index (χ0v) is 29.0. The topological polar surface area (TPSA) is 218 Å². The van der Waals surface area contributed by atoms with Gasteiger partial charge in [0.05, 0.1) is 40.3 Å². The number of esters is 1. The molecule has 1 fully saturated rings. The van der Waals surface area contributed by atoms with E-state index in [0.29, 0.717) is 0 Å². The third kappa shape index (κ3) is 11.0. The fourth-order valence-corrected chi connectivity index (χ4v) is 5.92. The van der Waals surface area contributed by atoms with Crippen molar-refractivity contribution in [3.8, 4) is 5.69 Å². The van der Waals surface area contributed by atoms with Crippen LogP contribution in [0.1, 0.15) is 43.1 Å². The average molecular weight is 750 g/mol. The number of hydrogen-bond acceptors (Lipinski definition) is 13. The standard InChI is InChI=1S/C31H33ClFN7O10S/c1-18(2)48-31(45)50-19(3)49-30(44)20-4-6-21(7-5-20)35-29(43)24(16-27(42)39-12-14-51(46,47)15-13-39)36-26(41)11-8-22-25(40-17-34-37-38-40)10-9-23(32)28(22)33/h4-11,17-19,24H,12-16H2,1-3H3,(H,35,43)(H,36,41)/b11-8+/t19?,24-/m0/s1. The van der Waals surface area contributed by atoms with Gasteiger partial charge in [-0.15, -0.1) is 5.10 Å². The van der Waals surface area contributed by atoms with Crippen LogP contribution in [0.15, 0.2) is 48.8 Å². The number of ether oxygens (including phenoxy) is 3. The molecule has 4 rings (SSSR count). The first kappa shape index (κ1) is 38.4. The van der Waals surface area contributed by atoms with Crippen LogP contribution in [0.25, 0.3) is 11.8 Å². The maximum Gasteiger partial charge on any atom is 0.511 e. The third-order valence-electron chi connectivity index (χ3n) is 7.07. The van der Waals surface area contributed by atoms with Crippen LogP contribution in [-0.2, 0) is 38.4 Å². The third-order valence-corrected chi connectivity index (χ3v) is 8.97. The molecule has 2 atom stereocenters. The molecule has 1 aliphatic heterocycles. The van der Waals surface area contributed by atoms with E-state index in [4.69, 9.17) is 25.8 Å². The molecule has 2 aromatic carbocycles. The molecule has 1 aliphatic rings. The molecule has 0 aliphatic carbocycles. The molecule has 1 unspecified atom stereocenters. The van der Waals surface area contributed by atoms with Crippen molar-refractivity contribution in [1.82, 2.24) is 30.4 Å². The molecule has 3 aromatic rings. The summed E-state index contributed by atoms with van der Waals surface area (Å²) in [6, 6.07) is 6.56. The Labute approximate surface area is 296 Å². The molecule has 2 heterocycles. The molecule has 1 saturated heterocycles. The van der Waals surface area contributed by atoms with Crippen molar-refractivity contribution in [2.45, 2.75) is 45.6 Å². The van der Waals surface area contributed by atoms with E-state index in [2.05, 4.69) is 26.2 Å². The number of nitrogens with one attached hydrogen (secondary N) is 2. The second kappa shape index (κ2) is 17.0. The van der Waals surface area contributed by atoms with Crippen LogP contribution in [0, 0.1) is 5.82 Å². The molecular weight excluding hydrogens is 717 g/mol. The number of anilines is 1. The van der Waals surface area contributed by atoms with Gasteiger partial charge in [0.2, 0.25) is 24.0 Å². The smallest absolute Gasteiger partial charge is 0.431 e. The second-order valence-electron chi connectivity index (χ2n) is 11.3. The molecule has 0 spiro atoms. The minimum atomic E-state index is -3.31. The molecule has 272 valence electrons. The van der Waals surface area contributed by atoms with Crippen LogP contribution in [0.5, 0.6) is 0 Å². The number of carbonyl (C=O) groups excluding carboxylic acids is 5. The zero-order valence-electron chi connectivity index (χ0n) is 27.4.